The van der Waals surface area contributed by atoms with Crippen LogP contribution in [0.15, 0.2) is 109 Å². The number of ether oxygens (including phenoxy) is 4. The normalized spacial score (nSPS) is 14.6. The maximum absolute atomic E-state index is 13.1. The van der Waals surface area contributed by atoms with Gasteiger partial charge in [0.25, 0.3) is 0 Å². The standard InChI is InChI=1S/C79H136O17P2/c1-5-9-13-17-21-25-29-31-33-35-36-38-39-41-45-48-52-56-60-64-77(82)90-70-75(96-79(84)66-62-58-54-50-46-42-40-37-34-32-30-26-22-18-14-10-6-2)72-94-98(87,88)92-68-73(80)67-91-97(85,86)93-71-74(95-78(83)65-61-57-53-49-44-28-24-20-16-12-8-4)69-89-76(81)63-59-55-51-47-43-27-23-19-15-11-7-3/h10,14,19,21-23,25-26,31-34,36,38,40,42,50,54,73-75,80H,5-9,11-13,15-18,20,24,27-30,35,37,39,41,43-49,51-53,55-72H2,1-4H3,(H,85,86)(H,87,88)/b14-10-,23-19-,25-21-,26-22-,33-31-,34-32-,38-36-,42-40-,54-50-. The van der Waals surface area contributed by atoms with Gasteiger partial charge in [0.1, 0.15) is 19.3 Å². The molecule has 0 radical (unpaired) electrons. The lowest BCUT2D eigenvalue weighted by atomic mass is 10.1. The topological polar surface area (TPSA) is 237 Å². The smallest absolute Gasteiger partial charge is 0.462 e. The molecule has 0 aliphatic carbocycles. The molecule has 0 amide bonds. The molecule has 0 rings (SSSR count). The van der Waals surface area contributed by atoms with E-state index in [1.54, 1.807) is 0 Å². The molecule has 19 heteroatoms. The van der Waals surface area contributed by atoms with Gasteiger partial charge in [-0.25, -0.2) is 9.13 Å². The highest BCUT2D eigenvalue weighted by molar-refractivity contribution is 7.47. The van der Waals surface area contributed by atoms with Crippen molar-refractivity contribution in [3.8, 4) is 0 Å². The van der Waals surface area contributed by atoms with Crippen molar-refractivity contribution in [2.45, 2.75) is 329 Å². The van der Waals surface area contributed by atoms with Gasteiger partial charge in [0.15, 0.2) is 12.2 Å². The second-order valence-corrected chi connectivity index (χ2v) is 28.1. The van der Waals surface area contributed by atoms with E-state index in [9.17, 15) is 43.2 Å². The first-order chi connectivity index (χ1) is 47.7. The average Bonchev–Trinajstić information content (AvgIpc) is 1.06. The van der Waals surface area contributed by atoms with E-state index in [2.05, 4.69) is 125 Å². The lowest BCUT2D eigenvalue weighted by Crippen LogP contribution is -2.30. The van der Waals surface area contributed by atoms with E-state index in [-0.39, 0.29) is 25.7 Å². The Balaban J connectivity index is 5.38. The highest BCUT2D eigenvalue weighted by atomic mass is 31.2. The Morgan fingerprint density at radius 1 is 0.296 bits per heavy atom. The lowest BCUT2D eigenvalue weighted by molar-refractivity contribution is -0.161. The zero-order valence-electron chi connectivity index (χ0n) is 61.4. The summed E-state index contributed by atoms with van der Waals surface area (Å²) in [6, 6.07) is 0. The molecule has 5 unspecified atom stereocenters. The predicted molar refractivity (Wildman–Crippen MR) is 399 cm³/mol. The molecular weight excluding hydrogens is 1280 g/mol. The monoisotopic (exact) mass is 1420 g/mol. The molecule has 0 aromatic heterocycles. The molecule has 0 aromatic rings. The lowest BCUT2D eigenvalue weighted by Gasteiger charge is -2.21. The fraction of sp³-hybridized carbons (Fsp3) is 0.722. The van der Waals surface area contributed by atoms with E-state index in [0.29, 0.717) is 32.1 Å². The number of carbonyl (C=O) groups excluding carboxylic acids is 4. The summed E-state index contributed by atoms with van der Waals surface area (Å²) in [5, 5.41) is 10.6. The fourth-order valence-electron chi connectivity index (χ4n) is 9.89. The molecule has 0 aromatic carbocycles. The van der Waals surface area contributed by atoms with Crippen molar-refractivity contribution < 1.29 is 80.2 Å². The van der Waals surface area contributed by atoms with Crippen molar-refractivity contribution in [2.75, 3.05) is 39.6 Å². The Hall–Kier alpha value is -4.28. The zero-order chi connectivity index (χ0) is 71.8. The summed E-state index contributed by atoms with van der Waals surface area (Å²) in [5.41, 5.74) is 0. The summed E-state index contributed by atoms with van der Waals surface area (Å²) in [5.74, 6) is -2.26. The van der Waals surface area contributed by atoms with Crippen LogP contribution in [0.1, 0.15) is 310 Å². The van der Waals surface area contributed by atoms with Crippen LogP contribution in [0.25, 0.3) is 0 Å². The Morgan fingerprint density at radius 3 is 0.918 bits per heavy atom. The van der Waals surface area contributed by atoms with Crippen LogP contribution in [0, 0.1) is 0 Å². The van der Waals surface area contributed by atoms with E-state index in [1.807, 2.05) is 12.2 Å². The molecule has 0 saturated heterocycles. The molecule has 564 valence electrons. The summed E-state index contributed by atoms with van der Waals surface area (Å²) in [7, 11) is -9.96. The van der Waals surface area contributed by atoms with Gasteiger partial charge in [-0.2, -0.15) is 0 Å². The van der Waals surface area contributed by atoms with Gasteiger partial charge in [0.2, 0.25) is 0 Å². The number of rotatable bonds is 71. The van der Waals surface area contributed by atoms with Gasteiger partial charge in [-0.3, -0.25) is 37.3 Å². The number of unbranched alkanes of at least 4 members (excludes halogenated alkanes) is 27. The summed E-state index contributed by atoms with van der Waals surface area (Å²) in [6.45, 7) is 4.60. The molecule has 0 fully saturated rings. The third-order valence-electron chi connectivity index (χ3n) is 15.7. The third-order valence-corrected chi connectivity index (χ3v) is 17.6. The number of aliphatic hydroxyl groups excluding tert-OH is 1. The number of carbonyl (C=O) groups is 4. The van der Waals surface area contributed by atoms with E-state index in [1.165, 1.54) is 70.6 Å². The average molecular weight is 1420 g/mol. The van der Waals surface area contributed by atoms with Crippen molar-refractivity contribution in [1.29, 1.82) is 0 Å². The minimum atomic E-state index is -4.99. The fourth-order valence-corrected chi connectivity index (χ4v) is 11.5. The second-order valence-electron chi connectivity index (χ2n) is 25.2. The van der Waals surface area contributed by atoms with Crippen LogP contribution >= 0.6 is 15.6 Å². The van der Waals surface area contributed by atoms with Crippen molar-refractivity contribution in [2.24, 2.45) is 0 Å². The Kier molecular flexibility index (Phi) is 68.0. The number of allylic oxidation sites excluding steroid dienone is 18. The van der Waals surface area contributed by atoms with E-state index >= 15 is 0 Å². The minimum Gasteiger partial charge on any atom is -0.462 e. The van der Waals surface area contributed by atoms with Crippen molar-refractivity contribution >= 4 is 39.5 Å². The molecule has 5 atom stereocenters. The van der Waals surface area contributed by atoms with Gasteiger partial charge < -0.3 is 33.8 Å². The van der Waals surface area contributed by atoms with Gasteiger partial charge in [-0.05, 0) is 122 Å². The third kappa shape index (κ3) is 70.2. The molecule has 17 nitrogen and oxygen atoms in total. The maximum atomic E-state index is 13.1. The minimum absolute atomic E-state index is 0.0125. The van der Waals surface area contributed by atoms with Crippen LogP contribution in [0.3, 0.4) is 0 Å². The van der Waals surface area contributed by atoms with Crippen LogP contribution in [-0.2, 0) is 65.4 Å². The molecule has 0 bridgehead atoms. The van der Waals surface area contributed by atoms with Gasteiger partial charge in [-0.15, -0.1) is 0 Å². The Bertz CT molecular complexity index is 2290. The Labute approximate surface area is 594 Å². The van der Waals surface area contributed by atoms with E-state index in [4.69, 9.17) is 37.0 Å². The number of hydrogen-bond donors (Lipinski definition) is 3. The van der Waals surface area contributed by atoms with Crippen molar-refractivity contribution in [3.05, 3.63) is 109 Å². The predicted octanol–water partition coefficient (Wildman–Crippen LogP) is 21.8. The molecule has 0 saturated carbocycles. The summed E-state index contributed by atoms with van der Waals surface area (Å²) in [6.07, 6.45) is 75.2. The number of phosphoric acid groups is 2. The quantitative estimate of drug-likeness (QED) is 0.0169. The van der Waals surface area contributed by atoms with Crippen LogP contribution in [0.5, 0.6) is 0 Å². The van der Waals surface area contributed by atoms with Gasteiger partial charge in [0.05, 0.1) is 26.4 Å². The summed E-state index contributed by atoms with van der Waals surface area (Å²) in [4.78, 5) is 72.7. The molecule has 0 aliphatic heterocycles. The van der Waals surface area contributed by atoms with Crippen LogP contribution in [-0.4, -0.2) is 96.7 Å². The van der Waals surface area contributed by atoms with Gasteiger partial charge >= 0.3 is 39.5 Å². The van der Waals surface area contributed by atoms with Gasteiger partial charge in [0, 0.05) is 25.7 Å². The van der Waals surface area contributed by atoms with Crippen molar-refractivity contribution in [3.63, 3.8) is 0 Å². The number of phosphoric ester groups is 2. The molecule has 0 heterocycles. The van der Waals surface area contributed by atoms with Crippen molar-refractivity contribution in [1.82, 2.24) is 0 Å². The first-order valence-corrected chi connectivity index (χ1v) is 41.1. The largest absolute Gasteiger partial charge is 0.472 e. The highest BCUT2D eigenvalue weighted by Gasteiger charge is 2.30. The SMILES string of the molecule is CC/C=C\C/C=C\C/C=C\C/C=C\C/C=C\CCCC(=O)OC(COC(=O)CCCCCCCC/C=C\C/C=C\C/C=C\CCCCC)COP(=O)(O)OCC(O)COP(=O)(O)OCC(COC(=O)CCCCCCC/C=C\CCCC)OC(=O)CCCCCCCCCCCCC. The molecule has 3 N–H and O–H groups in total. The first-order valence-electron chi connectivity index (χ1n) is 38.1. The molecule has 0 aliphatic rings. The van der Waals surface area contributed by atoms with Crippen LogP contribution in [0.4, 0.5) is 0 Å². The highest BCUT2D eigenvalue weighted by Crippen LogP contribution is 2.45. The Morgan fingerprint density at radius 2 is 0.551 bits per heavy atom. The molecular formula is C79H136O17P2. The number of esters is 4. The van der Waals surface area contributed by atoms with Crippen LogP contribution in [0.2, 0.25) is 0 Å². The first kappa shape index (κ1) is 93.7. The maximum Gasteiger partial charge on any atom is 0.472 e. The summed E-state index contributed by atoms with van der Waals surface area (Å²) < 4.78 is 68.3. The van der Waals surface area contributed by atoms with E-state index < -0.39 is 97.5 Å². The second kappa shape index (κ2) is 71.1. The zero-order valence-corrected chi connectivity index (χ0v) is 63.2. The van der Waals surface area contributed by atoms with E-state index in [0.717, 1.165) is 154 Å². The number of aliphatic hydroxyl groups is 1. The number of hydrogen-bond acceptors (Lipinski definition) is 15. The molecule has 98 heavy (non-hydrogen) atoms. The summed E-state index contributed by atoms with van der Waals surface area (Å²) >= 11 is 0. The van der Waals surface area contributed by atoms with Gasteiger partial charge in [-0.1, -0.05) is 272 Å². The molecule has 0 spiro atoms. The van der Waals surface area contributed by atoms with Crippen LogP contribution < -0.4 is 0 Å².